The molecule has 3 aromatic rings. The van der Waals surface area contributed by atoms with Gasteiger partial charge in [0.05, 0.1) is 25.3 Å². The molecule has 7 nitrogen and oxygen atoms in total. The molecule has 0 aliphatic carbocycles. The van der Waals surface area contributed by atoms with Crippen molar-refractivity contribution in [3.63, 3.8) is 0 Å². The number of likely N-dealkylation sites (N-methyl/N-ethyl adjacent to an activating group) is 1. The highest BCUT2D eigenvalue weighted by Crippen LogP contribution is 2.27. The Morgan fingerprint density at radius 3 is 2.97 bits per heavy atom. The number of nitrogens with zero attached hydrogens (tertiary/aromatic N) is 4. The summed E-state index contributed by atoms with van der Waals surface area (Å²) >= 11 is 6.09. The fourth-order valence-corrected chi connectivity index (χ4v) is 3.86. The van der Waals surface area contributed by atoms with Gasteiger partial charge in [0.15, 0.2) is 0 Å². The van der Waals surface area contributed by atoms with Crippen LogP contribution in [0.15, 0.2) is 45.8 Å². The lowest BCUT2D eigenvalue weighted by atomic mass is 9.97. The fourth-order valence-electron chi connectivity index (χ4n) is 3.64. The molecule has 0 saturated heterocycles. The van der Waals surface area contributed by atoms with E-state index in [2.05, 4.69) is 5.10 Å². The number of amides is 1. The van der Waals surface area contributed by atoms with Crippen molar-refractivity contribution in [1.82, 2.24) is 19.2 Å². The van der Waals surface area contributed by atoms with Crippen molar-refractivity contribution < 1.29 is 13.6 Å². The molecule has 0 fully saturated rings. The number of halogens is 2. The highest BCUT2D eigenvalue weighted by Gasteiger charge is 2.33. The number of furan rings is 1. The quantitative estimate of drug-likeness (QED) is 0.638. The number of carbonyl (C=O) groups is 1. The van der Waals surface area contributed by atoms with Crippen molar-refractivity contribution >= 4 is 17.5 Å². The Hall–Kier alpha value is -2.87. The van der Waals surface area contributed by atoms with Crippen molar-refractivity contribution in [2.45, 2.75) is 38.4 Å². The van der Waals surface area contributed by atoms with E-state index in [4.69, 9.17) is 16.0 Å². The van der Waals surface area contributed by atoms with Gasteiger partial charge in [-0.1, -0.05) is 17.7 Å². The van der Waals surface area contributed by atoms with Gasteiger partial charge in [0, 0.05) is 18.6 Å². The monoisotopic (exact) mass is 418 g/mol. The van der Waals surface area contributed by atoms with Crippen LogP contribution < -0.4 is 5.69 Å². The highest BCUT2D eigenvalue weighted by atomic mass is 35.5. The third-order valence-electron chi connectivity index (χ3n) is 5.12. The Kier molecular flexibility index (Phi) is 5.27. The molecule has 0 saturated carbocycles. The molecule has 1 aliphatic rings. The number of aromatic nitrogens is 3. The van der Waals surface area contributed by atoms with Crippen LogP contribution in [0.25, 0.3) is 0 Å². The molecule has 1 aliphatic heterocycles. The number of hydrogen-bond donors (Lipinski definition) is 0. The lowest BCUT2D eigenvalue weighted by molar-refractivity contribution is -0.133. The Bertz CT molecular complexity index is 1090. The summed E-state index contributed by atoms with van der Waals surface area (Å²) in [6, 6.07) is 7.60. The fraction of sp³-hybridized carbons (Fsp3) is 0.350. The number of hydrogen-bond acceptors (Lipinski definition) is 4. The van der Waals surface area contributed by atoms with E-state index in [1.165, 1.54) is 22.9 Å². The first kappa shape index (κ1) is 19.4. The van der Waals surface area contributed by atoms with Crippen molar-refractivity contribution in [3.05, 3.63) is 75.1 Å². The van der Waals surface area contributed by atoms with Gasteiger partial charge in [-0.05, 0) is 42.7 Å². The van der Waals surface area contributed by atoms with Gasteiger partial charge in [-0.2, -0.15) is 5.10 Å². The van der Waals surface area contributed by atoms with Gasteiger partial charge in [0.25, 0.3) is 0 Å². The molecule has 152 valence electrons. The maximum atomic E-state index is 13.3. The first-order valence-corrected chi connectivity index (χ1v) is 9.70. The molecular formula is C20H20ClFN4O3. The summed E-state index contributed by atoms with van der Waals surface area (Å²) in [5, 5.41) is 4.67. The zero-order valence-corrected chi connectivity index (χ0v) is 16.6. The minimum absolute atomic E-state index is 0.112. The van der Waals surface area contributed by atoms with E-state index in [-0.39, 0.29) is 23.2 Å². The van der Waals surface area contributed by atoms with Crippen LogP contribution in [0.5, 0.6) is 0 Å². The maximum Gasteiger partial charge on any atom is 0.346 e. The average Bonchev–Trinajstić information content (AvgIpc) is 3.31. The van der Waals surface area contributed by atoms with Crippen molar-refractivity contribution in [2.75, 3.05) is 7.05 Å². The standard InChI is InChI=1S/C20H20ClFN4O3/c1-24(12-15-4-3-9-29-15)19(27)16-5-2-8-25-18(16)23-26(20(25)28)11-13-6-7-14(22)10-17(13)21/h3-4,6-7,9-10,16H,2,5,8,11-12H2,1H3. The summed E-state index contributed by atoms with van der Waals surface area (Å²) in [5.41, 5.74) is 0.287. The largest absolute Gasteiger partial charge is 0.467 e. The van der Waals surface area contributed by atoms with E-state index < -0.39 is 11.7 Å². The smallest absolute Gasteiger partial charge is 0.346 e. The topological polar surface area (TPSA) is 73.3 Å². The second-order valence-electron chi connectivity index (χ2n) is 7.15. The van der Waals surface area contributed by atoms with Crippen LogP contribution in [-0.4, -0.2) is 32.2 Å². The van der Waals surface area contributed by atoms with Crippen molar-refractivity contribution in [2.24, 2.45) is 0 Å². The first-order chi connectivity index (χ1) is 13.9. The first-order valence-electron chi connectivity index (χ1n) is 9.33. The molecular weight excluding hydrogens is 399 g/mol. The lowest BCUT2D eigenvalue weighted by Gasteiger charge is -2.25. The molecule has 0 spiro atoms. The van der Waals surface area contributed by atoms with Crippen LogP contribution >= 0.6 is 11.6 Å². The molecule has 1 aromatic carbocycles. The second-order valence-corrected chi connectivity index (χ2v) is 7.56. The molecule has 1 unspecified atom stereocenters. The molecule has 0 radical (unpaired) electrons. The molecule has 1 atom stereocenters. The van der Waals surface area contributed by atoms with Gasteiger partial charge < -0.3 is 9.32 Å². The number of carbonyl (C=O) groups excluding carboxylic acids is 1. The minimum Gasteiger partial charge on any atom is -0.467 e. The van der Waals surface area contributed by atoms with E-state index in [9.17, 15) is 14.0 Å². The average molecular weight is 419 g/mol. The molecule has 2 aromatic heterocycles. The minimum atomic E-state index is -0.499. The zero-order chi connectivity index (χ0) is 20.5. The predicted molar refractivity (Wildman–Crippen MR) is 104 cm³/mol. The third-order valence-corrected chi connectivity index (χ3v) is 5.47. The number of rotatable bonds is 5. The molecule has 0 N–H and O–H groups in total. The van der Waals surface area contributed by atoms with Crippen LogP contribution in [0.1, 0.15) is 35.9 Å². The molecule has 0 bridgehead atoms. The lowest BCUT2D eigenvalue weighted by Crippen LogP contribution is -2.36. The summed E-state index contributed by atoms with van der Waals surface area (Å²) in [4.78, 5) is 27.4. The summed E-state index contributed by atoms with van der Waals surface area (Å²) in [6.45, 7) is 0.969. The zero-order valence-electron chi connectivity index (χ0n) is 15.8. The van der Waals surface area contributed by atoms with Crippen molar-refractivity contribution in [1.29, 1.82) is 0 Å². The molecule has 3 heterocycles. The Balaban J connectivity index is 1.59. The number of benzene rings is 1. The summed E-state index contributed by atoms with van der Waals surface area (Å²) in [7, 11) is 1.71. The molecule has 9 heteroatoms. The van der Waals surface area contributed by atoms with E-state index in [0.29, 0.717) is 43.1 Å². The third kappa shape index (κ3) is 3.85. The van der Waals surface area contributed by atoms with E-state index in [1.54, 1.807) is 28.8 Å². The van der Waals surface area contributed by atoms with Gasteiger partial charge in [0.1, 0.15) is 17.4 Å². The SMILES string of the molecule is CN(Cc1ccco1)C(=O)C1CCCn2c1nn(Cc1ccc(F)cc1Cl)c2=O. The predicted octanol–water partition coefficient (Wildman–Crippen LogP) is 3.01. The summed E-state index contributed by atoms with van der Waals surface area (Å²) in [6.07, 6.45) is 2.89. The van der Waals surface area contributed by atoms with Crippen LogP contribution in [-0.2, 0) is 24.4 Å². The van der Waals surface area contributed by atoms with Crippen LogP contribution in [0, 0.1) is 5.82 Å². The van der Waals surface area contributed by atoms with Gasteiger partial charge in [0.2, 0.25) is 5.91 Å². The van der Waals surface area contributed by atoms with E-state index >= 15 is 0 Å². The molecule has 29 heavy (non-hydrogen) atoms. The van der Waals surface area contributed by atoms with Gasteiger partial charge in [-0.3, -0.25) is 9.36 Å². The van der Waals surface area contributed by atoms with Crippen molar-refractivity contribution in [3.8, 4) is 0 Å². The van der Waals surface area contributed by atoms with E-state index in [1.807, 2.05) is 6.07 Å². The van der Waals surface area contributed by atoms with Gasteiger partial charge in [-0.25, -0.2) is 13.9 Å². The van der Waals surface area contributed by atoms with Gasteiger partial charge >= 0.3 is 5.69 Å². The van der Waals surface area contributed by atoms with Crippen LogP contribution in [0.3, 0.4) is 0 Å². The summed E-state index contributed by atoms with van der Waals surface area (Å²) in [5.74, 6) is 0.0856. The Labute approximate surface area is 171 Å². The highest BCUT2D eigenvalue weighted by molar-refractivity contribution is 6.31. The van der Waals surface area contributed by atoms with E-state index in [0.717, 1.165) is 0 Å². The molecule has 4 rings (SSSR count). The maximum absolute atomic E-state index is 13.3. The van der Waals surface area contributed by atoms with Gasteiger partial charge in [-0.15, -0.1) is 0 Å². The van der Waals surface area contributed by atoms with Crippen LogP contribution in [0.2, 0.25) is 5.02 Å². The molecule has 1 amide bonds. The Morgan fingerprint density at radius 1 is 1.41 bits per heavy atom. The Morgan fingerprint density at radius 2 is 2.24 bits per heavy atom. The summed E-state index contributed by atoms with van der Waals surface area (Å²) < 4.78 is 21.4. The van der Waals surface area contributed by atoms with Crippen LogP contribution in [0.4, 0.5) is 4.39 Å². The number of fused-ring (bicyclic) bond motifs is 1. The normalized spacial score (nSPS) is 15.9. The second kappa shape index (κ2) is 7.87.